The number of carbonyl (C=O) groups excluding carboxylic acids is 2. The van der Waals surface area contributed by atoms with Crippen LogP contribution in [0.5, 0.6) is 0 Å². The summed E-state index contributed by atoms with van der Waals surface area (Å²) in [5.74, 6) is 2.00. The Morgan fingerprint density at radius 3 is 2.15 bits per heavy atom. The Bertz CT molecular complexity index is 1030. The molecule has 4 aliphatic carbocycles. The van der Waals surface area contributed by atoms with E-state index in [4.69, 9.17) is 11.1 Å². The zero-order valence-corrected chi connectivity index (χ0v) is 18.9. The lowest BCUT2D eigenvalue weighted by atomic mass is 9.49. The molecule has 4 N–H and O–H groups in total. The van der Waals surface area contributed by atoms with Crippen LogP contribution >= 0.6 is 0 Å². The number of amides is 2. The highest BCUT2D eigenvalue weighted by Crippen LogP contribution is 2.59. The molecule has 6 nitrogen and oxygen atoms in total. The monoisotopic (exact) mass is 444 g/mol. The Hall–Kier alpha value is -3.15. The molecule has 6 heteroatoms. The molecule has 172 valence electrons. The van der Waals surface area contributed by atoms with Crippen LogP contribution in [0, 0.1) is 28.6 Å². The third kappa shape index (κ3) is 4.52. The molecule has 2 aromatic rings. The molecule has 0 atom stereocenters. The average Bonchev–Trinajstić information content (AvgIpc) is 2.81. The van der Waals surface area contributed by atoms with Gasteiger partial charge in [-0.3, -0.25) is 19.9 Å². The van der Waals surface area contributed by atoms with Crippen LogP contribution in [0.25, 0.3) is 0 Å². The highest BCUT2D eigenvalue weighted by Gasteiger charge is 2.50. The van der Waals surface area contributed by atoms with Crippen molar-refractivity contribution in [1.29, 1.82) is 5.41 Å². The normalized spacial score (nSPS) is 27.2. The van der Waals surface area contributed by atoms with Crippen LogP contribution in [0.1, 0.15) is 54.4 Å². The number of nitrogens with zero attached hydrogens (tertiary/aromatic N) is 1. The Balaban J connectivity index is 1.30. The Morgan fingerprint density at radius 2 is 1.55 bits per heavy atom. The summed E-state index contributed by atoms with van der Waals surface area (Å²) in [6.07, 6.45) is 7.84. The molecule has 0 spiro atoms. The third-order valence-corrected chi connectivity index (χ3v) is 7.86. The topological polar surface area (TPSA) is 99.3 Å². The highest BCUT2D eigenvalue weighted by molar-refractivity contribution is 6.10. The van der Waals surface area contributed by atoms with E-state index in [1.165, 1.54) is 43.4 Å². The summed E-state index contributed by atoms with van der Waals surface area (Å²) in [7, 11) is 0. The number of benzene rings is 2. The smallest absolute Gasteiger partial charge is 0.258 e. The maximum absolute atomic E-state index is 13.4. The standard InChI is InChI=1S/C27H32N4O2/c28-25(29)21-5-4-6-22(12-21)26(33)31(23-7-2-1-3-8-23)16-24(32)30-17-27-13-18-9-19(14-27)11-20(10-18)15-27/h1-8,12,18-20H,9-11,13-17H2,(H3,28,29)(H,30,32). The second-order valence-corrected chi connectivity index (χ2v) is 10.4. The fourth-order valence-electron chi connectivity index (χ4n) is 6.86. The fraction of sp³-hybridized carbons (Fsp3) is 0.444. The summed E-state index contributed by atoms with van der Waals surface area (Å²) < 4.78 is 0. The van der Waals surface area contributed by atoms with Gasteiger partial charge in [-0.05, 0) is 86.0 Å². The minimum absolute atomic E-state index is 0.0422. The van der Waals surface area contributed by atoms with Gasteiger partial charge in [-0.25, -0.2) is 0 Å². The predicted molar refractivity (Wildman–Crippen MR) is 129 cm³/mol. The first-order valence-electron chi connectivity index (χ1n) is 12.0. The van der Waals surface area contributed by atoms with Crippen LogP contribution in [0.2, 0.25) is 0 Å². The van der Waals surface area contributed by atoms with Crippen LogP contribution in [0.15, 0.2) is 54.6 Å². The van der Waals surface area contributed by atoms with E-state index < -0.39 is 0 Å². The average molecular weight is 445 g/mol. The largest absolute Gasteiger partial charge is 0.384 e. The number of hydrogen-bond acceptors (Lipinski definition) is 3. The van der Waals surface area contributed by atoms with Gasteiger partial charge in [0.25, 0.3) is 5.91 Å². The van der Waals surface area contributed by atoms with Gasteiger partial charge < -0.3 is 11.1 Å². The molecule has 0 heterocycles. The molecule has 0 aliphatic heterocycles. The second kappa shape index (κ2) is 8.65. The summed E-state index contributed by atoms with van der Waals surface area (Å²) in [4.78, 5) is 28.0. The van der Waals surface area contributed by atoms with Gasteiger partial charge in [-0.15, -0.1) is 0 Å². The van der Waals surface area contributed by atoms with Gasteiger partial charge in [0.1, 0.15) is 12.4 Å². The minimum Gasteiger partial charge on any atom is -0.384 e. The van der Waals surface area contributed by atoms with Gasteiger partial charge in [0.2, 0.25) is 5.91 Å². The molecule has 2 aromatic carbocycles. The third-order valence-electron chi connectivity index (χ3n) is 7.86. The second-order valence-electron chi connectivity index (χ2n) is 10.4. The predicted octanol–water partition coefficient (Wildman–Crippen LogP) is 3.95. The molecule has 4 bridgehead atoms. The number of carbonyl (C=O) groups is 2. The lowest BCUT2D eigenvalue weighted by Gasteiger charge is -2.56. The van der Waals surface area contributed by atoms with Crippen molar-refractivity contribution in [3.05, 3.63) is 65.7 Å². The number of rotatable bonds is 7. The van der Waals surface area contributed by atoms with E-state index in [2.05, 4.69) is 5.32 Å². The van der Waals surface area contributed by atoms with Gasteiger partial charge >= 0.3 is 0 Å². The molecule has 0 aromatic heterocycles. The number of anilines is 1. The van der Waals surface area contributed by atoms with Crippen molar-refractivity contribution >= 4 is 23.3 Å². The van der Waals surface area contributed by atoms with Gasteiger partial charge in [0.05, 0.1) is 0 Å². The van der Waals surface area contributed by atoms with Crippen molar-refractivity contribution in [2.24, 2.45) is 28.9 Å². The number of para-hydroxylation sites is 1. The lowest BCUT2D eigenvalue weighted by molar-refractivity contribution is -0.121. The van der Waals surface area contributed by atoms with E-state index >= 15 is 0 Å². The van der Waals surface area contributed by atoms with E-state index in [1.54, 1.807) is 24.3 Å². The number of amidine groups is 1. The Kier molecular flexibility index (Phi) is 5.69. The van der Waals surface area contributed by atoms with Crippen LogP contribution in [0.3, 0.4) is 0 Å². The molecular formula is C27H32N4O2. The molecular weight excluding hydrogens is 412 g/mol. The van der Waals surface area contributed by atoms with Crippen LogP contribution in [0.4, 0.5) is 5.69 Å². The fourth-order valence-corrected chi connectivity index (χ4v) is 6.86. The van der Waals surface area contributed by atoms with Crippen molar-refractivity contribution in [3.63, 3.8) is 0 Å². The summed E-state index contributed by atoms with van der Waals surface area (Å²) in [6.45, 7) is 0.672. The molecule has 0 saturated heterocycles. The summed E-state index contributed by atoms with van der Waals surface area (Å²) in [6, 6.07) is 16.0. The highest BCUT2D eigenvalue weighted by atomic mass is 16.2. The van der Waals surface area contributed by atoms with Gasteiger partial charge in [0.15, 0.2) is 0 Å². The van der Waals surface area contributed by atoms with E-state index in [-0.39, 0.29) is 29.6 Å². The van der Waals surface area contributed by atoms with Gasteiger partial charge in [0, 0.05) is 23.4 Å². The first kappa shape index (κ1) is 21.7. The molecule has 33 heavy (non-hydrogen) atoms. The first-order valence-corrected chi connectivity index (χ1v) is 12.0. The molecule has 4 aliphatic rings. The van der Waals surface area contributed by atoms with Crippen LogP contribution in [-0.2, 0) is 4.79 Å². The zero-order chi connectivity index (χ0) is 23.0. The zero-order valence-electron chi connectivity index (χ0n) is 18.9. The molecule has 4 saturated carbocycles. The van der Waals surface area contributed by atoms with Crippen molar-refractivity contribution in [1.82, 2.24) is 5.32 Å². The van der Waals surface area contributed by atoms with Crippen molar-refractivity contribution in [3.8, 4) is 0 Å². The number of nitrogens with two attached hydrogens (primary N) is 1. The summed E-state index contributed by atoms with van der Waals surface area (Å²) in [5, 5.41) is 10.9. The Labute approximate surface area is 195 Å². The van der Waals surface area contributed by atoms with E-state index in [0.717, 1.165) is 17.8 Å². The summed E-state index contributed by atoms with van der Waals surface area (Å²) >= 11 is 0. The maximum atomic E-state index is 13.4. The SMILES string of the molecule is N=C(N)c1cccc(C(=O)N(CC(=O)NCC23CC4CC(CC(C4)C2)C3)c2ccccc2)c1. The van der Waals surface area contributed by atoms with E-state index in [0.29, 0.717) is 23.4 Å². The van der Waals surface area contributed by atoms with Gasteiger partial charge in [-0.2, -0.15) is 0 Å². The molecule has 0 radical (unpaired) electrons. The van der Waals surface area contributed by atoms with Crippen molar-refractivity contribution in [2.75, 3.05) is 18.0 Å². The summed E-state index contributed by atoms with van der Waals surface area (Å²) in [5.41, 5.74) is 7.42. The molecule has 6 rings (SSSR count). The van der Waals surface area contributed by atoms with E-state index in [9.17, 15) is 9.59 Å². The number of hydrogen-bond donors (Lipinski definition) is 3. The number of nitrogens with one attached hydrogen (secondary N) is 2. The van der Waals surface area contributed by atoms with Gasteiger partial charge in [-0.1, -0.05) is 30.3 Å². The lowest BCUT2D eigenvalue weighted by Crippen LogP contribution is -2.52. The minimum atomic E-state index is -0.283. The molecule has 2 amide bonds. The van der Waals surface area contributed by atoms with Crippen molar-refractivity contribution < 1.29 is 9.59 Å². The first-order chi connectivity index (χ1) is 15.9. The van der Waals surface area contributed by atoms with Crippen LogP contribution < -0.4 is 16.0 Å². The maximum Gasteiger partial charge on any atom is 0.258 e. The van der Waals surface area contributed by atoms with Crippen LogP contribution in [-0.4, -0.2) is 30.7 Å². The van der Waals surface area contributed by atoms with E-state index in [1.807, 2.05) is 30.3 Å². The Morgan fingerprint density at radius 1 is 0.939 bits per heavy atom. The number of nitrogen functional groups attached to an aromatic ring is 1. The molecule has 4 fully saturated rings. The molecule has 0 unspecified atom stereocenters. The quantitative estimate of drug-likeness (QED) is 0.445. The van der Waals surface area contributed by atoms with Crippen molar-refractivity contribution in [2.45, 2.75) is 38.5 Å².